The monoisotopic (exact) mass is 343 g/mol. The highest BCUT2D eigenvalue weighted by Crippen LogP contribution is 2.30. The van der Waals surface area contributed by atoms with Gasteiger partial charge in [-0.2, -0.15) is 5.26 Å². The quantitative estimate of drug-likeness (QED) is 0.850. The largest absolute Gasteiger partial charge is 0.370 e. The molecule has 1 N–H and O–H groups in total. The van der Waals surface area contributed by atoms with Crippen molar-refractivity contribution in [2.75, 3.05) is 11.9 Å². The Kier molecular flexibility index (Phi) is 7.19. The zero-order valence-electron chi connectivity index (χ0n) is 11.3. The van der Waals surface area contributed by atoms with Gasteiger partial charge in [-0.15, -0.1) is 0 Å². The smallest absolute Gasteiger partial charge is 0.127 e. The summed E-state index contributed by atoms with van der Waals surface area (Å²) < 4.78 is 0.801. The summed E-state index contributed by atoms with van der Waals surface area (Å²) in [6.07, 6.45) is 4.83. The predicted octanol–water partition coefficient (Wildman–Crippen LogP) is 4.88. The molecule has 1 aromatic rings. The molecule has 0 bridgehead atoms. The Morgan fingerprint density at radius 2 is 2.26 bits per heavy atom. The lowest BCUT2D eigenvalue weighted by Crippen LogP contribution is -2.12. The zero-order chi connectivity index (χ0) is 14.3. The molecule has 0 amide bonds. The first kappa shape index (κ1) is 16.3. The van der Waals surface area contributed by atoms with Crippen molar-refractivity contribution in [2.24, 2.45) is 11.8 Å². The third kappa shape index (κ3) is 5.00. The molecular weight excluding hydrogens is 326 g/mol. The van der Waals surface area contributed by atoms with Gasteiger partial charge in [0.25, 0.3) is 0 Å². The van der Waals surface area contributed by atoms with E-state index < -0.39 is 0 Å². The van der Waals surface area contributed by atoms with Crippen molar-refractivity contribution in [2.45, 2.75) is 33.1 Å². The first-order valence-electron chi connectivity index (χ1n) is 6.63. The minimum absolute atomic E-state index is 0.239. The van der Waals surface area contributed by atoms with E-state index in [4.69, 9.17) is 16.9 Å². The summed E-state index contributed by atoms with van der Waals surface area (Å²) in [5.41, 5.74) is 0. The van der Waals surface area contributed by atoms with E-state index >= 15 is 0 Å². The molecule has 0 saturated heterocycles. The summed E-state index contributed by atoms with van der Waals surface area (Å²) >= 11 is 9.29. The van der Waals surface area contributed by atoms with Crippen molar-refractivity contribution in [3.8, 4) is 6.07 Å². The van der Waals surface area contributed by atoms with Gasteiger partial charge in [0, 0.05) is 24.7 Å². The minimum Gasteiger partial charge on any atom is -0.370 e. The fourth-order valence-electron chi connectivity index (χ4n) is 2.14. The predicted molar refractivity (Wildman–Crippen MR) is 83.2 cm³/mol. The number of hydrogen-bond acceptors (Lipinski definition) is 3. The normalized spacial score (nSPS) is 21.2. The summed E-state index contributed by atoms with van der Waals surface area (Å²) in [4.78, 5) is 4.23. The highest BCUT2D eigenvalue weighted by molar-refractivity contribution is 9.10. The van der Waals surface area contributed by atoms with Gasteiger partial charge in [0.15, 0.2) is 0 Å². The van der Waals surface area contributed by atoms with Crippen LogP contribution in [0.3, 0.4) is 0 Å². The molecule has 1 unspecified atom stereocenters. The molecule has 1 saturated carbocycles. The van der Waals surface area contributed by atoms with Crippen LogP contribution in [0.15, 0.2) is 16.7 Å². The van der Waals surface area contributed by atoms with Crippen LogP contribution in [0.5, 0.6) is 0 Å². The first-order valence-corrected chi connectivity index (χ1v) is 7.80. The van der Waals surface area contributed by atoms with Crippen LogP contribution in [-0.2, 0) is 0 Å². The highest BCUT2D eigenvalue weighted by atomic mass is 79.9. The number of nitriles is 1. The molecule has 0 radical (unpaired) electrons. The molecule has 1 aliphatic carbocycles. The summed E-state index contributed by atoms with van der Waals surface area (Å²) in [5, 5.41) is 12.8. The van der Waals surface area contributed by atoms with E-state index in [1.807, 2.05) is 19.9 Å². The van der Waals surface area contributed by atoms with Crippen molar-refractivity contribution in [1.29, 1.82) is 5.26 Å². The maximum atomic E-state index is 8.83. The number of rotatable bonds is 3. The maximum Gasteiger partial charge on any atom is 0.127 e. The molecule has 3 nitrogen and oxygen atoms in total. The van der Waals surface area contributed by atoms with Crippen molar-refractivity contribution >= 4 is 33.3 Å². The molecule has 1 fully saturated rings. The second-order valence-electron chi connectivity index (χ2n) is 4.37. The highest BCUT2D eigenvalue weighted by Gasteiger charge is 2.24. The molecule has 104 valence electrons. The number of hydrogen-bond donors (Lipinski definition) is 1. The summed E-state index contributed by atoms with van der Waals surface area (Å²) in [6, 6.07) is 4.15. The number of aromatic nitrogens is 1. The van der Waals surface area contributed by atoms with Gasteiger partial charge in [0.05, 0.1) is 15.6 Å². The Bertz CT molecular complexity index is 445. The van der Waals surface area contributed by atoms with Crippen LogP contribution < -0.4 is 5.32 Å². The minimum atomic E-state index is 0.239. The SMILES string of the molecule is CC.N#C[C@H]1CCC(CNc2cc(Cl)c(Br)cn2)C1. The van der Waals surface area contributed by atoms with E-state index in [-0.39, 0.29) is 5.92 Å². The molecule has 0 spiro atoms. The lowest BCUT2D eigenvalue weighted by molar-refractivity contribution is 0.562. The summed E-state index contributed by atoms with van der Waals surface area (Å²) in [5.74, 6) is 1.60. The van der Waals surface area contributed by atoms with Gasteiger partial charge in [0.2, 0.25) is 0 Å². The van der Waals surface area contributed by atoms with Gasteiger partial charge in [0.1, 0.15) is 5.82 Å². The van der Waals surface area contributed by atoms with Crippen LogP contribution >= 0.6 is 27.5 Å². The Labute approximate surface area is 128 Å². The Morgan fingerprint density at radius 3 is 2.84 bits per heavy atom. The second kappa shape index (κ2) is 8.39. The standard InChI is InChI=1S/C12H13BrClN3.C2H6/c13-10-7-17-12(4-11(10)14)16-6-9-2-1-8(3-9)5-15;1-2/h4,7-9H,1-3,6H2,(H,16,17);1-2H3/t8-,9?;/m0./s1. The van der Waals surface area contributed by atoms with Gasteiger partial charge >= 0.3 is 0 Å². The van der Waals surface area contributed by atoms with Crippen molar-refractivity contribution in [3.63, 3.8) is 0 Å². The maximum absolute atomic E-state index is 8.83. The molecule has 2 atom stereocenters. The van der Waals surface area contributed by atoms with Crippen LogP contribution in [0.1, 0.15) is 33.1 Å². The van der Waals surface area contributed by atoms with Crippen LogP contribution in [0.4, 0.5) is 5.82 Å². The fourth-order valence-corrected chi connectivity index (χ4v) is 2.51. The zero-order valence-corrected chi connectivity index (χ0v) is 13.6. The fraction of sp³-hybridized carbons (Fsp3) is 0.571. The third-order valence-electron chi connectivity index (χ3n) is 3.10. The molecule has 1 aromatic heterocycles. The molecule has 1 aliphatic rings. The number of halogens is 2. The molecule has 19 heavy (non-hydrogen) atoms. The summed E-state index contributed by atoms with van der Waals surface area (Å²) in [6.45, 7) is 4.86. The molecular formula is C14H19BrClN3. The van der Waals surface area contributed by atoms with Crippen LogP contribution in [0.25, 0.3) is 0 Å². The lowest BCUT2D eigenvalue weighted by atomic mass is 10.1. The van der Waals surface area contributed by atoms with Crippen LogP contribution in [0.2, 0.25) is 5.02 Å². The average Bonchev–Trinajstić information content (AvgIpc) is 2.90. The van der Waals surface area contributed by atoms with E-state index in [1.165, 1.54) is 0 Å². The van der Waals surface area contributed by atoms with E-state index in [9.17, 15) is 0 Å². The average molecular weight is 345 g/mol. The van der Waals surface area contributed by atoms with Gasteiger partial charge in [-0.1, -0.05) is 25.4 Å². The van der Waals surface area contributed by atoms with Crippen LogP contribution in [-0.4, -0.2) is 11.5 Å². The lowest BCUT2D eigenvalue weighted by Gasteiger charge is -2.11. The van der Waals surface area contributed by atoms with Gasteiger partial charge in [-0.25, -0.2) is 4.98 Å². The van der Waals surface area contributed by atoms with Crippen LogP contribution in [0, 0.1) is 23.2 Å². The van der Waals surface area contributed by atoms with E-state index in [1.54, 1.807) is 6.20 Å². The van der Waals surface area contributed by atoms with E-state index in [0.29, 0.717) is 10.9 Å². The third-order valence-corrected chi connectivity index (χ3v) is 4.28. The molecule has 0 aliphatic heterocycles. The Hall–Kier alpha value is -0.790. The molecule has 1 heterocycles. The van der Waals surface area contributed by atoms with E-state index in [2.05, 4.69) is 32.3 Å². The molecule has 0 aromatic carbocycles. The van der Waals surface area contributed by atoms with Gasteiger partial charge in [-0.05, 0) is 41.1 Å². The van der Waals surface area contributed by atoms with Crippen molar-refractivity contribution < 1.29 is 0 Å². The van der Waals surface area contributed by atoms with Gasteiger partial charge < -0.3 is 5.32 Å². The number of anilines is 1. The Balaban J connectivity index is 0.000000861. The van der Waals surface area contributed by atoms with Crippen molar-refractivity contribution in [3.05, 3.63) is 21.8 Å². The number of nitrogens with zero attached hydrogens (tertiary/aromatic N) is 2. The molecule has 2 rings (SSSR count). The van der Waals surface area contributed by atoms with Crippen molar-refractivity contribution in [1.82, 2.24) is 4.98 Å². The number of pyridine rings is 1. The van der Waals surface area contributed by atoms with Gasteiger partial charge in [-0.3, -0.25) is 0 Å². The first-order chi connectivity index (χ1) is 9.19. The second-order valence-corrected chi connectivity index (χ2v) is 5.63. The number of nitrogens with one attached hydrogen (secondary N) is 1. The Morgan fingerprint density at radius 1 is 1.53 bits per heavy atom. The molecule has 5 heteroatoms. The summed E-state index contributed by atoms with van der Waals surface area (Å²) in [7, 11) is 0. The van der Waals surface area contributed by atoms with E-state index in [0.717, 1.165) is 36.1 Å². The topological polar surface area (TPSA) is 48.7 Å².